The first kappa shape index (κ1) is 21.8. The topological polar surface area (TPSA) is 86.8 Å². The van der Waals surface area contributed by atoms with Gasteiger partial charge in [-0.3, -0.25) is 24.1 Å². The predicted octanol–water partition coefficient (Wildman–Crippen LogP) is 3.42. The largest absolute Gasteiger partial charge is 0.350 e. The summed E-state index contributed by atoms with van der Waals surface area (Å²) >= 11 is 0.741. The molecule has 0 radical (unpaired) electrons. The van der Waals surface area contributed by atoms with Crippen molar-refractivity contribution in [3.63, 3.8) is 0 Å². The molecule has 0 unspecified atom stereocenters. The zero-order chi connectivity index (χ0) is 22.7. The second-order valence-corrected chi connectivity index (χ2v) is 8.30. The van der Waals surface area contributed by atoms with E-state index in [4.69, 9.17) is 0 Å². The molecule has 9 heteroatoms. The van der Waals surface area contributed by atoms with Gasteiger partial charge in [-0.2, -0.15) is 0 Å². The third kappa shape index (κ3) is 4.57. The van der Waals surface area contributed by atoms with Gasteiger partial charge in [-0.05, 0) is 54.6 Å². The highest BCUT2D eigenvalue weighted by molar-refractivity contribution is 8.18. The number of nitrogens with one attached hydrogen (secondary N) is 1. The van der Waals surface area contributed by atoms with Crippen LogP contribution in [0.25, 0.3) is 6.08 Å². The molecule has 0 bridgehead atoms. The fraction of sp³-hybridized carbons (Fsp3) is 0.217. The molecule has 1 N–H and O–H groups in total. The van der Waals surface area contributed by atoms with Crippen LogP contribution in [-0.4, -0.2) is 47.5 Å². The van der Waals surface area contributed by atoms with Gasteiger partial charge < -0.3 is 10.2 Å². The highest BCUT2D eigenvalue weighted by atomic mass is 32.2. The van der Waals surface area contributed by atoms with E-state index in [1.165, 1.54) is 18.2 Å². The van der Waals surface area contributed by atoms with Gasteiger partial charge in [0.2, 0.25) is 5.91 Å². The van der Waals surface area contributed by atoms with Crippen molar-refractivity contribution in [2.75, 3.05) is 24.5 Å². The molecule has 2 aliphatic rings. The summed E-state index contributed by atoms with van der Waals surface area (Å²) in [7, 11) is 0. The Hall–Kier alpha value is -3.46. The Labute approximate surface area is 188 Å². The molecule has 2 aromatic carbocycles. The molecule has 164 valence electrons. The van der Waals surface area contributed by atoms with E-state index < -0.39 is 17.0 Å². The smallest absolute Gasteiger partial charge is 0.293 e. The summed E-state index contributed by atoms with van der Waals surface area (Å²) in [5.74, 6) is -1.27. The van der Waals surface area contributed by atoms with Crippen molar-refractivity contribution >= 4 is 46.5 Å². The fourth-order valence-corrected chi connectivity index (χ4v) is 4.38. The lowest BCUT2D eigenvalue weighted by Crippen LogP contribution is -2.37. The first-order valence-corrected chi connectivity index (χ1v) is 10.9. The number of thioether (sulfide) groups is 1. The summed E-state index contributed by atoms with van der Waals surface area (Å²) in [5.41, 5.74) is 1.39. The number of hydrogen-bond donors (Lipinski definition) is 1. The highest BCUT2D eigenvalue weighted by Gasteiger charge is 2.34. The van der Waals surface area contributed by atoms with Gasteiger partial charge in [0.1, 0.15) is 5.82 Å². The summed E-state index contributed by atoms with van der Waals surface area (Å²) in [6.07, 6.45) is 2.71. The summed E-state index contributed by atoms with van der Waals surface area (Å²) < 4.78 is 13.8. The van der Waals surface area contributed by atoms with Gasteiger partial charge in [0.25, 0.3) is 17.1 Å². The maximum Gasteiger partial charge on any atom is 0.293 e. The van der Waals surface area contributed by atoms with Crippen LogP contribution in [0, 0.1) is 5.82 Å². The van der Waals surface area contributed by atoms with E-state index in [0.29, 0.717) is 18.5 Å². The van der Waals surface area contributed by atoms with Crippen molar-refractivity contribution in [3.8, 4) is 0 Å². The maximum atomic E-state index is 13.8. The van der Waals surface area contributed by atoms with Crippen LogP contribution < -0.4 is 10.2 Å². The monoisotopic (exact) mass is 453 g/mol. The summed E-state index contributed by atoms with van der Waals surface area (Å²) in [5, 5.41) is 2.22. The van der Waals surface area contributed by atoms with Crippen LogP contribution in [0.3, 0.4) is 0 Å². The average Bonchev–Trinajstić information content (AvgIpc) is 3.33. The minimum Gasteiger partial charge on any atom is -0.350 e. The van der Waals surface area contributed by atoms with Crippen LogP contribution in [0.15, 0.2) is 53.4 Å². The lowest BCUT2D eigenvalue weighted by atomic mass is 10.2. The Morgan fingerprint density at radius 3 is 2.53 bits per heavy atom. The van der Waals surface area contributed by atoms with Crippen molar-refractivity contribution in [1.29, 1.82) is 0 Å². The molecular weight excluding hydrogens is 433 g/mol. The minimum atomic E-state index is -0.517. The van der Waals surface area contributed by atoms with E-state index in [1.54, 1.807) is 41.3 Å². The number of imide groups is 1. The summed E-state index contributed by atoms with van der Waals surface area (Å²) in [6.45, 7) is 0.759. The number of benzene rings is 2. The minimum absolute atomic E-state index is 0.00534. The van der Waals surface area contributed by atoms with Crippen LogP contribution in [0.5, 0.6) is 0 Å². The van der Waals surface area contributed by atoms with Crippen molar-refractivity contribution < 1.29 is 23.6 Å². The van der Waals surface area contributed by atoms with E-state index in [0.717, 1.165) is 28.8 Å². The molecular formula is C23H20FN3O4S. The van der Waals surface area contributed by atoms with Crippen molar-refractivity contribution in [3.05, 3.63) is 70.4 Å². The molecule has 2 fully saturated rings. The standard InChI is InChI=1S/C23H20FN3O4S/c24-18-5-2-1-4-16(18)14-19-22(30)27(23(31)32-19)13-11-25-21(29)15-7-9-17(10-8-15)26-12-3-6-20(26)28/h1-2,4-5,7-10,14H,3,6,11-13H2,(H,25,29)/b19-14-. The van der Waals surface area contributed by atoms with Gasteiger partial charge in [-0.15, -0.1) is 0 Å². The van der Waals surface area contributed by atoms with Gasteiger partial charge in [0.15, 0.2) is 0 Å². The quantitative estimate of drug-likeness (QED) is 0.678. The van der Waals surface area contributed by atoms with Crippen LogP contribution in [-0.2, 0) is 9.59 Å². The van der Waals surface area contributed by atoms with Crippen LogP contribution >= 0.6 is 11.8 Å². The Kier molecular flexibility index (Phi) is 6.36. The average molecular weight is 453 g/mol. The molecule has 0 saturated carbocycles. The predicted molar refractivity (Wildman–Crippen MR) is 119 cm³/mol. The lowest BCUT2D eigenvalue weighted by molar-refractivity contribution is -0.122. The molecule has 2 aliphatic heterocycles. The van der Waals surface area contributed by atoms with Gasteiger partial charge in [0, 0.05) is 42.9 Å². The number of nitrogens with zero attached hydrogens (tertiary/aromatic N) is 2. The Morgan fingerprint density at radius 1 is 1.09 bits per heavy atom. The molecule has 4 rings (SSSR count). The van der Waals surface area contributed by atoms with Crippen molar-refractivity contribution in [2.24, 2.45) is 0 Å². The number of amides is 4. The van der Waals surface area contributed by atoms with Crippen LogP contribution in [0.4, 0.5) is 14.9 Å². The van der Waals surface area contributed by atoms with E-state index in [2.05, 4.69) is 5.32 Å². The van der Waals surface area contributed by atoms with E-state index >= 15 is 0 Å². The lowest BCUT2D eigenvalue weighted by Gasteiger charge is -2.16. The molecule has 0 atom stereocenters. The summed E-state index contributed by atoms with van der Waals surface area (Å²) in [6, 6.07) is 12.7. The molecule has 2 aromatic rings. The zero-order valence-corrected chi connectivity index (χ0v) is 17.9. The van der Waals surface area contributed by atoms with Gasteiger partial charge >= 0.3 is 0 Å². The SMILES string of the molecule is O=C(NCCN1C(=O)S/C(=C\c2ccccc2F)C1=O)c1ccc(N2CCCC2=O)cc1. The fourth-order valence-electron chi connectivity index (χ4n) is 3.52. The van der Waals surface area contributed by atoms with E-state index in [9.17, 15) is 23.6 Å². The van der Waals surface area contributed by atoms with E-state index in [-0.39, 0.29) is 35.4 Å². The second-order valence-electron chi connectivity index (χ2n) is 7.31. The molecule has 2 saturated heterocycles. The first-order valence-electron chi connectivity index (χ1n) is 10.1. The molecule has 7 nitrogen and oxygen atoms in total. The third-order valence-corrected chi connectivity index (χ3v) is 6.11. The first-order chi connectivity index (χ1) is 15.4. The Balaban J connectivity index is 1.32. The van der Waals surface area contributed by atoms with E-state index in [1.807, 2.05) is 0 Å². The third-order valence-electron chi connectivity index (χ3n) is 5.20. The number of hydrogen-bond acceptors (Lipinski definition) is 5. The van der Waals surface area contributed by atoms with Crippen LogP contribution in [0.2, 0.25) is 0 Å². The van der Waals surface area contributed by atoms with Gasteiger partial charge in [-0.25, -0.2) is 4.39 Å². The molecule has 32 heavy (non-hydrogen) atoms. The number of anilines is 1. The number of halogens is 1. The Morgan fingerprint density at radius 2 is 1.84 bits per heavy atom. The van der Waals surface area contributed by atoms with Crippen molar-refractivity contribution in [1.82, 2.24) is 10.2 Å². The van der Waals surface area contributed by atoms with Gasteiger partial charge in [0.05, 0.1) is 4.91 Å². The molecule has 0 aromatic heterocycles. The number of carbonyl (C=O) groups is 4. The second kappa shape index (κ2) is 9.35. The van der Waals surface area contributed by atoms with Gasteiger partial charge in [-0.1, -0.05) is 18.2 Å². The molecule has 0 spiro atoms. The zero-order valence-electron chi connectivity index (χ0n) is 17.0. The van der Waals surface area contributed by atoms with Crippen LogP contribution in [0.1, 0.15) is 28.8 Å². The Bertz CT molecular complexity index is 1120. The highest BCUT2D eigenvalue weighted by Crippen LogP contribution is 2.32. The van der Waals surface area contributed by atoms with Crippen molar-refractivity contribution in [2.45, 2.75) is 12.8 Å². The molecule has 0 aliphatic carbocycles. The molecule has 2 heterocycles. The molecule has 4 amide bonds. The normalized spacial score (nSPS) is 17.5. The number of carbonyl (C=O) groups excluding carboxylic acids is 4. The summed E-state index contributed by atoms with van der Waals surface area (Å²) in [4.78, 5) is 51.8. The maximum absolute atomic E-state index is 13.8. The number of rotatable bonds is 6.